The van der Waals surface area contributed by atoms with Gasteiger partial charge < -0.3 is 10.6 Å². The molecule has 0 aliphatic rings. The number of rotatable bonds is 5. The molecule has 0 radical (unpaired) electrons. The van der Waals surface area contributed by atoms with E-state index in [-0.39, 0.29) is 5.82 Å². The number of aliphatic imine (C=N–C) groups is 1. The molecular formula is C15H17BrFN3S. The van der Waals surface area contributed by atoms with Gasteiger partial charge in [0.15, 0.2) is 5.96 Å². The first-order valence-electron chi connectivity index (χ1n) is 6.60. The number of hydrogen-bond donors (Lipinski definition) is 2. The molecule has 0 saturated carbocycles. The summed E-state index contributed by atoms with van der Waals surface area (Å²) in [5, 5.41) is 8.50. The number of thiophene rings is 1. The van der Waals surface area contributed by atoms with Crippen LogP contribution < -0.4 is 10.6 Å². The van der Waals surface area contributed by atoms with E-state index in [1.54, 1.807) is 24.5 Å². The number of nitrogens with one attached hydrogen (secondary N) is 2. The van der Waals surface area contributed by atoms with E-state index in [2.05, 4.69) is 49.1 Å². The summed E-state index contributed by atoms with van der Waals surface area (Å²) in [4.78, 5) is 5.50. The minimum Gasteiger partial charge on any atom is -0.356 e. The van der Waals surface area contributed by atoms with Crippen LogP contribution in [-0.2, 0) is 13.0 Å². The third kappa shape index (κ3) is 5.13. The van der Waals surface area contributed by atoms with Crippen molar-refractivity contribution in [3.8, 4) is 0 Å². The zero-order valence-corrected chi connectivity index (χ0v) is 14.1. The van der Waals surface area contributed by atoms with Crippen molar-refractivity contribution in [3.05, 3.63) is 56.4 Å². The normalized spacial score (nSPS) is 11.5. The predicted molar refractivity (Wildman–Crippen MR) is 90.3 cm³/mol. The first kappa shape index (κ1) is 16.0. The first-order valence-corrected chi connectivity index (χ1v) is 8.27. The Hall–Kier alpha value is -1.40. The Morgan fingerprint density at radius 1 is 1.33 bits per heavy atom. The van der Waals surface area contributed by atoms with Crippen molar-refractivity contribution in [3.63, 3.8) is 0 Å². The topological polar surface area (TPSA) is 36.4 Å². The zero-order chi connectivity index (χ0) is 15.1. The molecule has 2 N–H and O–H groups in total. The van der Waals surface area contributed by atoms with Crippen LogP contribution in [0, 0.1) is 5.82 Å². The summed E-state index contributed by atoms with van der Waals surface area (Å²) in [7, 11) is 1.72. The Balaban J connectivity index is 1.81. The minimum absolute atomic E-state index is 0.240. The van der Waals surface area contributed by atoms with Gasteiger partial charge in [0.05, 0.1) is 0 Å². The Kier molecular flexibility index (Phi) is 6.20. The van der Waals surface area contributed by atoms with E-state index in [4.69, 9.17) is 0 Å². The van der Waals surface area contributed by atoms with Gasteiger partial charge in [-0.3, -0.25) is 4.99 Å². The molecule has 0 saturated heterocycles. The van der Waals surface area contributed by atoms with E-state index in [1.165, 1.54) is 17.0 Å². The second-order valence-electron chi connectivity index (χ2n) is 4.42. The lowest BCUT2D eigenvalue weighted by molar-refractivity contribution is 0.624. The summed E-state index contributed by atoms with van der Waals surface area (Å²) in [5.74, 6) is 0.471. The Morgan fingerprint density at radius 3 is 2.90 bits per heavy atom. The molecule has 0 aliphatic carbocycles. The van der Waals surface area contributed by atoms with Crippen molar-refractivity contribution in [1.29, 1.82) is 0 Å². The van der Waals surface area contributed by atoms with Gasteiger partial charge in [-0.15, -0.1) is 11.3 Å². The highest BCUT2D eigenvalue weighted by Crippen LogP contribution is 2.17. The minimum atomic E-state index is -0.240. The van der Waals surface area contributed by atoms with Crippen molar-refractivity contribution in [2.75, 3.05) is 13.6 Å². The average Bonchev–Trinajstić information content (AvgIpc) is 2.99. The molecule has 0 spiro atoms. The summed E-state index contributed by atoms with van der Waals surface area (Å²) < 4.78 is 14.1. The van der Waals surface area contributed by atoms with Crippen LogP contribution in [-0.4, -0.2) is 19.6 Å². The number of guanidine groups is 1. The van der Waals surface area contributed by atoms with Gasteiger partial charge in [-0.2, -0.15) is 0 Å². The van der Waals surface area contributed by atoms with Crippen molar-refractivity contribution in [1.82, 2.24) is 10.6 Å². The van der Waals surface area contributed by atoms with Gasteiger partial charge >= 0.3 is 0 Å². The SMILES string of the molecule is CN=C(NCCc1cccs1)NCc1cc(F)ccc1Br. The quantitative estimate of drug-likeness (QED) is 0.624. The molecule has 2 rings (SSSR count). The number of halogens is 2. The summed E-state index contributed by atoms with van der Waals surface area (Å²) in [6.07, 6.45) is 0.960. The van der Waals surface area contributed by atoms with Crippen LogP contribution in [0.1, 0.15) is 10.4 Å². The lowest BCUT2D eigenvalue weighted by Crippen LogP contribution is -2.37. The highest BCUT2D eigenvalue weighted by molar-refractivity contribution is 9.10. The van der Waals surface area contributed by atoms with Crippen molar-refractivity contribution in [2.45, 2.75) is 13.0 Å². The Bertz CT molecular complexity index is 599. The van der Waals surface area contributed by atoms with Gasteiger partial charge in [0, 0.05) is 29.5 Å². The molecule has 0 bridgehead atoms. The summed E-state index contributed by atoms with van der Waals surface area (Å²) in [6, 6.07) is 8.82. The molecule has 21 heavy (non-hydrogen) atoms. The molecular weight excluding hydrogens is 353 g/mol. The molecule has 0 atom stereocenters. The molecule has 1 aromatic carbocycles. The van der Waals surface area contributed by atoms with E-state index in [0.29, 0.717) is 12.5 Å². The van der Waals surface area contributed by atoms with E-state index in [1.807, 2.05) is 0 Å². The van der Waals surface area contributed by atoms with Crippen LogP contribution in [0.4, 0.5) is 4.39 Å². The highest BCUT2D eigenvalue weighted by atomic mass is 79.9. The van der Waals surface area contributed by atoms with E-state index in [9.17, 15) is 4.39 Å². The van der Waals surface area contributed by atoms with Crippen LogP contribution >= 0.6 is 27.3 Å². The van der Waals surface area contributed by atoms with Crippen LogP contribution in [0.3, 0.4) is 0 Å². The summed E-state index contributed by atoms with van der Waals surface area (Å²) >= 11 is 5.16. The van der Waals surface area contributed by atoms with Gasteiger partial charge in [-0.1, -0.05) is 22.0 Å². The lowest BCUT2D eigenvalue weighted by atomic mass is 10.2. The lowest BCUT2D eigenvalue weighted by Gasteiger charge is -2.12. The maximum absolute atomic E-state index is 13.2. The molecule has 6 heteroatoms. The average molecular weight is 370 g/mol. The zero-order valence-electron chi connectivity index (χ0n) is 11.7. The monoisotopic (exact) mass is 369 g/mol. The molecule has 0 aliphatic heterocycles. The number of benzene rings is 1. The molecule has 1 aromatic heterocycles. The van der Waals surface area contributed by atoms with Gasteiger partial charge in [0.25, 0.3) is 0 Å². The molecule has 3 nitrogen and oxygen atoms in total. The second-order valence-corrected chi connectivity index (χ2v) is 6.30. The van der Waals surface area contributed by atoms with E-state index >= 15 is 0 Å². The fraction of sp³-hybridized carbons (Fsp3) is 0.267. The maximum Gasteiger partial charge on any atom is 0.191 e. The highest BCUT2D eigenvalue weighted by Gasteiger charge is 2.03. The van der Waals surface area contributed by atoms with Crippen molar-refractivity contribution < 1.29 is 4.39 Å². The van der Waals surface area contributed by atoms with Crippen molar-refractivity contribution in [2.24, 2.45) is 4.99 Å². The fourth-order valence-corrected chi connectivity index (χ4v) is 2.93. The largest absolute Gasteiger partial charge is 0.356 e. The van der Waals surface area contributed by atoms with Crippen LogP contribution in [0.5, 0.6) is 0 Å². The summed E-state index contributed by atoms with van der Waals surface area (Å²) in [6.45, 7) is 1.32. The van der Waals surface area contributed by atoms with Crippen LogP contribution in [0.2, 0.25) is 0 Å². The molecule has 2 aromatic rings. The molecule has 0 unspecified atom stereocenters. The van der Waals surface area contributed by atoms with Crippen LogP contribution in [0.15, 0.2) is 45.2 Å². The molecule has 0 fully saturated rings. The first-order chi connectivity index (χ1) is 10.2. The molecule has 0 amide bonds. The summed E-state index contributed by atoms with van der Waals surface area (Å²) in [5.41, 5.74) is 0.858. The van der Waals surface area contributed by atoms with Gasteiger partial charge in [-0.25, -0.2) is 4.39 Å². The third-order valence-corrected chi connectivity index (χ3v) is 4.63. The predicted octanol–water partition coefficient (Wildman–Crippen LogP) is 3.56. The van der Waals surface area contributed by atoms with Crippen LogP contribution in [0.25, 0.3) is 0 Å². The maximum atomic E-state index is 13.2. The Morgan fingerprint density at radius 2 is 2.19 bits per heavy atom. The smallest absolute Gasteiger partial charge is 0.191 e. The number of hydrogen-bond acceptors (Lipinski definition) is 2. The Labute approximate surface area is 136 Å². The van der Waals surface area contributed by atoms with E-state index < -0.39 is 0 Å². The van der Waals surface area contributed by atoms with E-state index in [0.717, 1.165) is 23.0 Å². The standard InChI is InChI=1S/C15H17BrFN3S/c1-18-15(19-7-6-13-3-2-8-21-13)20-10-11-9-12(17)4-5-14(11)16/h2-5,8-9H,6-7,10H2,1H3,(H2,18,19,20). The molecule has 112 valence electrons. The third-order valence-electron chi connectivity index (χ3n) is 2.92. The van der Waals surface area contributed by atoms with Gasteiger partial charge in [-0.05, 0) is 41.6 Å². The fourth-order valence-electron chi connectivity index (χ4n) is 1.84. The van der Waals surface area contributed by atoms with Crippen molar-refractivity contribution >= 4 is 33.2 Å². The molecule has 1 heterocycles. The second kappa shape index (κ2) is 8.14. The van der Waals surface area contributed by atoms with Gasteiger partial charge in [0.1, 0.15) is 5.82 Å². The number of nitrogens with zero attached hydrogens (tertiary/aromatic N) is 1. The van der Waals surface area contributed by atoms with Gasteiger partial charge in [0.2, 0.25) is 0 Å².